The molecule has 0 aromatic heterocycles. The fourth-order valence-corrected chi connectivity index (χ4v) is 2.69. The normalized spacial score (nSPS) is 18.0. The number of amides is 3. The molecule has 0 saturated carbocycles. The van der Waals surface area contributed by atoms with Gasteiger partial charge in [-0.05, 0) is 25.3 Å². The van der Waals surface area contributed by atoms with Gasteiger partial charge in [-0.2, -0.15) is 0 Å². The highest BCUT2D eigenvalue weighted by Crippen LogP contribution is 2.17. The van der Waals surface area contributed by atoms with E-state index in [9.17, 15) is 9.59 Å². The second-order valence-electron chi connectivity index (χ2n) is 6.17. The van der Waals surface area contributed by atoms with Crippen LogP contribution in [0.15, 0.2) is 24.3 Å². The number of benzene rings is 1. The van der Waals surface area contributed by atoms with Gasteiger partial charge in [0, 0.05) is 33.7 Å². The van der Waals surface area contributed by atoms with Gasteiger partial charge in [-0.3, -0.25) is 4.79 Å². The number of nitrogens with zero attached hydrogens (tertiary/aromatic N) is 2. The molecule has 3 amide bonds. The minimum atomic E-state index is -0.108. The highest BCUT2D eigenvalue weighted by molar-refractivity contribution is 5.80. The van der Waals surface area contributed by atoms with Crippen LogP contribution in [0.2, 0.25) is 0 Å². The van der Waals surface area contributed by atoms with Crippen molar-refractivity contribution in [3.63, 3.8) is 0 Å². The number of aryl methyl sites for hydroxylation is 1. The first kappa shape index (κ1) is 16.3. The molecule has 0 aliphatic carbocycles. The maximum Gasteiger partial charge on any atom is 0.319 e. The largest absolute Gasteiger partial charge is 0.352 e. The lowest BCUT2D eigenvalue weighted by Gasteiger charge is -2.33. The summed E-state index contributed by atoms with van der Waals surface area (Å²) in [5, 5.41) is 2.99. The third kappa shape index (κ3) is 4.23. The van der Waals surface area contributed by atoms with Crippen LogP contribution in [-0.2, 0) is 11.3 Å². The van der Waals surface area contributed by atoms with Gasteiger partial charge in [0.15, 0.2) is 0 Å². The molecule has 1 saturated heterocycles. The molecule has 1 fully saturated rings. The van der Waals surface area contributed by atoms with Gasteiger partial charge in [-0.1, -0.05) is 29.8 Å². The topological polar surface area (TPSA) is 52.7 Å². The number of rotatable bonds is 3. The van der Waals surface area contributed by atoms with Crippen molar-refractivity contribution in [2.45, 2.75) is 26.3 Å². The lowest BCUT2D eigenvalue weighted by Crippen LogP contribution is -2.48. The number of hydrogen-bond acceptors (Lipinski definition) is 2. The summed E-state index contributed by atoms with van der Waals surface area (Å²) in [4.78, 5) is 27.6. The Morgan fingerprint density at radius 2 is 1.95 bits per heavy atom. The van der Waals surface area contributed by atoms with E-state index in [2.05, 4.69) is 5.32 Å². The van der Waals surface area contributed by atoms with E-state index in [0.29, 0.717) is 13.1 Å². The summed E-state index contributed by atoms with van der Waals surface area (Å²) < 4.78 is 0. The van der Waals surface area contributed by atoms with Gasteiger partial charge in [-0.15, -0.1) is 0 Å². The molecule has 5 heteroatoms. The zero-order valence-corrected chi connectivity index (χ0v) is 13.6. The van der Waals surface area contributed by atoms with Crippen molar-refractivity contribution < 1.29 is 9.59 Å². The highest BCUT2D eigenvalue weighted by atomic mass is 16.2. The molecule has 1 atom stereocenters. The predicted molar refractivity (Wildman–Crippen MR) is 86.4 cm³/mol. The fourth-order valence-electron chi connectivity index (χ4n) is 2.69. The van der Waals surface area contributed by atoms with Crippen LogP contribution in [-0.4, -0.2) is 48.9 Å². The molecule has 0 radical (unpaired) electrons. The molecule has 0 bridgehead atoms. The zero-order chi connectivity index (χ0) is 16.1. The monoisotopic (exact) mass is 303 g/mol. The van der Waals surface area contributed by atoms with E-state index in [0.717, 1.165) is 24.9 Å². The van der Waals surface area contributed by atoms with Crippen molar-refractivity contribution in [2.75, 3.05) is 27.2 Å². The lowest BCUT2D eigenvalue weighted by molar-refractivity contribution is -0.126. The van der Waals surface area contributed by atoms with Crippen LogP contribution in [0.1, 0.15) is 24.0 Å². The number of likely N-dealkylation sites (tertiary alicyclic amines) is 1. The molecule has 1 aromatic rings. The Labute approximate surface area is 132 Å². The van der Waals surface area contributed by atoms with Crippen LogP contribution in [0.4, 0.5) is 4.79 Å². The Morgan fingerprint density at radius 1 is 1.27 bits per heavy atom. The Kier molecular flexibility index (Phi) is 5.41. The molecule has 0 spiro atoms. The molecule has 1 aliphatic heterocycles. The van der Waals surface area contributed by atoms with E-state index in [1.54, 1.807) is 23.9 Å². The van der Waals surface area contributed by atoms with Crippen LogP contribution < -0.4 is 5.32 Å². The molecular weight excluding hydrogens is 278 g/mol. The molecule has 0 unspecified atom stereocenters. The number of carbonyl (C=O) groups excluding carboxylic acids is 2. The fraction of sp³-hybridized carbons (Fsp3) is 0.529. The lowest BCUT2D eigenvalue weighted by atomic mass is 9.97. The predicted octanol–water partition coefficient (Wildman–Crippen LogP) is 2.00. The van der Waals surface area contributed by atoms with E-state index in [1.165, 1.54) is 5.56 Å². The van der Waals surface area contributed by atoms with Crippen molar-refractivity contribution in [1.29, 1.82) is 0 Å². The van der Waals surface area contributed by atoms with Gasteiger partial charge in [0.05, 0.1) is 5.92 Å². The molecular formula is C17H25N3O2. The molecule has 1 aromatic carbocycles. The summed E-state index contributed by atoms with van der Waals surface area (Å²) in [6.07, 6.45) is 1.72. The summed E-state index contributed by atoms with van der Waals surface area (Å²) in [6.45, 7) is 3.83. The van der Waals surface area contributed by atoms with Gasteiger partial charge >= 0.3 is 6.03 Å². The smallest absolute Gasteiger partial charge is 0.319 e. The minimum absolute atomic E-state index is 0.0176. The van der Waals surface area contributed by atoms with Crippen molar-refractivity contribution in [2.24, 2.45) is 5.92 Å². The van der Waals surface area contributed by atoms with Gasteiger partial charge in [-0.25, -0.2) is 4.79 Å². The molecule has 22 heavy (non-hydrogen) atoms. The summed E-state index contributed by atoms with van der Waals surface area (Å²) in [5.41, 5.74) is 2.30. The van der Waals surface area contributed by atoms with Crippen LogP contribution in [0.5, 0.6) is 0 Å². The Bertz CT molecular complexity index is 525. The number of nitrogens with one attached hydrogen (secondary N) is 1. The number of hydrogen-bond donors (Lipinski definition) is 1. The van der Waals surface area contributed by atoms with E-state index in [4.69, 9.17) is 0 Å². The SMILES string of the molecule is Cc1ccc(CNC(=O)[C@@H]2CCCN(C(=O)N(C)C)C2)cc1. The maximum absolute atomic E-state index is 12.3. The zero-order valence-electron chi connectivity index (χ0n) is 13.6. The molecule has 1 N–H and O–H groups in total. The maximum atomic E-state index is 12.3. The first-order valence-electron chi connectivity index (χ1n) is 7.77. The summed E-state index contributed by atoms with van der Waals surface area (Å²) in [5.74, 6) is -0.0695. The second kappa shape index (κ2) is 7.29. The van der Waals surface area contributed by atoms with Crippen molar-refractivity contribution >= 4 is 11.9 Å². The molecule has 120 valence electrons. The minimum Gasteiger partial charge on any atom is -0.352 e. The Balaban J connectivity index is 1.86. The second-order valence-corrected chi connectivity index (χ2v) is 6.17. The quantitative estimate of drug-likeness (QED) is 0.928. The number of carbonyl (C=O) groups is 2. The number of urea groups is 1. The Morgan fingerprint density at radius 3 is 2.59 bits per heavy atom. The summed E-state index contributed by atoms with van der Waals surface area (Å²) >= 11 is 0. The standard InChI is InChI=1S/C17H25N3O2/c1-13-6-8-14(9-7-13)11-18-16(21)15-5-4-10-20(12-15)17(22)19(2)3/h6-9,15H,4-5,10-12H2,1-3H3,(H,18,21)/t15-/m1/s1. The van der Waals surface area contributed by atoms with Gasteiger partial charge in [0.1, 0.15) is 0 Å². The molecule has 2 rings (SSSR count). The average molecular weight is 303 g/mol. The van der Waals surface area contributed by atoms with Crippen molar-refractivity contribution in [3.8, 4) is 0 Å². The van der Waals surface area contributed by atoms with Gasteiger partial charge < -0.3 is 15.1 Å². The first-order chi connectivity index (χ1) is 10.5. The molecule has 1 heterocycles. The van der Waals surface area contributed by atoms with E-state index in [1.807, 2.05) is 31.2 Å². The van der Waals surface area contributed by atoms with Crippen LogP contribution in [0, 0.1) is 12.8 Å². The van der Waals surface area contributed by atoms with Crippen molar-refractivity contribution in [3.05, 3.63) is 35.4 Å². The van der Waals surface area contributed by atoms with Gasteiger partial charge in [0.25, 0.3) is 0 Å². The molecule has 5 nitrogen and oxygen atoms in total. The Hall–Kier alpha value is -2.04. The molecule has 1 aliphatic rings. The average Bonchev–Trinajstić information content (AvgIpc) is 2.53. The van der Waals surface area contributed by atoms with Crippen LogP contribution >= 0.6 is 0 Å². The van der Waals surface area contributed by atoms with Crippen LogP contribution in [0.25, 0.3) is 0 Å². The highest BCUT2D eigenvalue weighted by Gasteiger charge is 2.28. The third-order valence-corrected chi connectivity index (χ3v) is 4.03. The van der Waals surface area contributed by atoms with E-state index < -0.39 is 0 Å². The van der Waals surface area contributed by atoms with E-state index in [-0.39, 0.29) is 17.9 Å². The summed E-state index contributed by atoms with van der Waals surface area (Å²) in [6, 6.07) is 8.12. The summed E-state index contributed by atoms with van der Waals surface area (Å²) in [7, 11) is 3.48. The van der Waals surface area contributed by atoms with Crippen molar-refractivity contribution in [1.82, 2.24) is 15.1 Å². The number of piperidine rings is 1. The third-order valence-electron chi connectivity index (χ3n) is 4.03. The van der Waals surface area contributed by atoms with E-state index >= 15 is 0 Å². The van der Waals surface area contributed by atoms with Crippen LogP contribution in [0.3, 0.4) is 0 Å². The first-order valence-corrected chi connectivity index (χ1v) is 7.77. The van der Waals surface area contributed by atoms with Gasteiger partial charge in [0.2, 0.25) is 5.91 Å².